The van der Waals surface area contributed by atoms with Crippen LogP contribution < -0.4 is 18.5 Å². The molecule has 0 saturated carbocycles. The number of carbonyl (C=O) groups is 1. The number of rotatable bonds is 8. The van der Waals surface area contributed by atoms with Gasteiger partial charge in [-0.2, -0.15) is 0 Å². The van der Waals surface area contributed by atoms with E-state index in [1.54, 1.807) is 24.0 Å². The largest absolute Gasteiger partial charge is 0.495 e. The van der Waals surface area contributed by atoms with Gasteiger partial charge in [0.2, 0.25) is 12.7 Å². The molecule has 1 fully saturated rings. The third-order valence-electron chi connectivity index (χ3n) is 6.85. The van der Waals surface area contributed by atoms with E-state index in [-0.39, 0.29) is 29.0 Å². The van der Waals surface area contributed by atoms with Crippen molar-refractivity contribution in [3.8, 4) is 17.2 Å². The van der Waals surface area contributed by atoms with Gasteiger partial charge in [0, 0.05) is 32.7 Å². The Balaban J connectivity index is 1.31. The number of hydrogen-bond acceptors (Lipinski definition) is 7. The van der Waals surface area contributed by atoms with E-state index in [0.29, 0.717) is 32.7 Å². The molecule has 1 amide bonds. The molecule has 39 heavy (non-hydrogen) atoms. The minimum atomic E-state index is -4.22. The van der Waals surface area contributed by atoms with Gasteiger partial charge in [-0.05, 0) is 66.6 Å². The number of benzene rings is 3. The Kier molecular flexibility index (Phi) is 7.62. The highest BCUT2D eigenvalue weighted by atomic mass is 32.2. The van der Waals surface area contributed by atoms with Gasteiger partial charge in [0.1, 0.15) is 23.0 Å². The fourth-order valence-corrected chi connectivity index (χ4v) is 6.36. The maximum Gasteiger partial charge on any atom is 0.268 e. The van der Waals surface area contributed by atoms with Crippen LogP contribution >= 0.6 is 0 Å². The lowest BCUT2D eigenvalue weighted by Gasteiger charge is -2.36. The molecular formula is C28H30FN3O6S. The lowest BCUT2D eigenvalue weighted by atomic mass is 10.1. The van der Waals surface area contributed by atoms with Crippen molar-refractivity contribution in [2.45, 2.75) is 18.4 Å². The fourth-order valence-electron chi connectivity index (χ4n) is 4.70. The molecule has 2 aliphatic heterocycles. The van der Waals surface area contributed by atoms with Crippen LogP contribution in [0.3, 0.4) is 0 Å². The van der Waals surface area contributed by atoms with E-state index >= 15 is 0 Å². The summed E-state index contributed by atoms with van der Waals surface area (Å²) < 4.78 is 58.6. The summed E-state index contributed by atoms with van der Waals surface area (Å²) in [6.07, 6.45) is 0. The molecular weight excluding hydrogens is 525 g/mol. The first-order valence-corrected chi connectivity index (χ1v) is 14.0. The number of ether oxygens (including phenoxy) is 3. The Hall–Kier alpha value is -3.83. The number of aryl methyl sites for hydroxylation is 1. The first-order chi connectivity index (χ1) is 18.7. The number of nitrogens with zero attached hydrogens (tertiary/aromatic N) is 3. The molecule has 3 aromatic rings. The van der Waals surface area contributed by atoms with Crippen molar-refractivity contribution in [2.75, 3.05) is 50.9 Å². The second-order valence-electron chi connectivity index (χ2n) is 9.49. The Labute approximate surface area is 227 Å². The lowest BCUT2D eigenvalue weighted by Crippen LogP contribution is -2.51. The summed E-state index contributed by atoms with van der Waals surface area (Å²) in [4.78, 5) is 17.2. The summed E-state index contributed by atoms with van der Waals surface area (Å²) in [5.74, 6) is 0.787. The van der Waals surface area contributed by atoms with E-state index in [2.05, 4.69) is 4.90 Å². The molecule has 0 spiro atoms. The first kappa shape index (κ1) is 26.8. The average Bonchev–Trinajstić information content (AvgIpc) is 3.40. The van der Waals surface area contributed by atoms with Gasteiger partial charge >= 0.3 is 0 Å². The average molecular weight is 556 g/mol. The lowest BCUT2D eigenvalue weighted by molar-refractivity contribution is -0.131. The Morgan fingerprint density at radius 3 is 2.41 bits per heavy atom. The molecule has 1 saturated heterocycles. The number of piperazine rings is 1. The first-order valence-electron chi connectivity index (χ1n) is 12.6. The second kappa shape index (κ2) is 11.1. The predicted octanol–water partition coefficient (Wildman–Crippen LogP) is 3.41. The number of fused-ring (bicyclic) bond motifs is 1. The minimum Gasteiger partial charge on any atom is -0.495 e. The van der Waals surface area contributed by atoms with Gasteiger partial charge in [-0.1, -0.05) is 12.1 Å². The summed E-state index contributed by atoms with van der Waals surface area (Å²) >= 11 is 0. The predicted molar refractivity (Wildman–Crippen MR) is 143 cm³/mol. The molecule has 0 atom stereocenters. The maximum absolute atomic E-state index is 13.9. The van der Waals surface area contributed by atoms with Crippen molar-refractivity contribution in [2.24, 2.45) is 0 Å². The highest BCUT2D eigenvalue weighted by Crippen LogP contribution is 2.33. The van der Waals surface area contributed by atoms with Crippen molar-refractivity contribution in [3.05, 3.63) is 77.6 Å². The molecule has 2 heterocycles. The van der Waals surface area contributed by atoms with E-state index < -0.39 is 22.4 Å². The number of halogens is 1. The van der Waals surface area contributed by atoms with Crippen molar-refractivity contribution in [1.82, 2.24) is 9.80 Å². The van der Waals surface area contributed by atoms with Crippen molar-refractivity contribution >= 4 is 21.6 Å². The molecule has 0 N–H and O–H groups in total. The molecule has 9 nitrogen and oxygen atoms in total. The molecule has 0 aromatic heterocycles. The summed E-state index contributed by atoms with van der Waals surface area (Å²) in [5.41, 5.74) is 1.99. The SMILES string of the molecule is COc1ccc(C)cc1S(=O)(=O)N(CC(=O)N1CCN(Cc2ccc3c(c2)OCO3)CC1)c1ccc(F)cc1. The van der Waals surface area contributed by atoms with Gasteiger partial charge < -0.3 is 19.1 Å². The third-order valence-corrected chi connectivity index (χ3v) is 8.64. The summed E-state index contributed by atoms with van der Waals surface area (Å²) in [7, 11) is -2.83. The summed E-state index contributed by atoms with van der Waals surface area (Å²) in [6, 6.07) is 15.7. The number of methoxy groups -OCH3 is 1. The zero-order chi connectivity index (χ0) is 27.6. The Morgan fingerprint density at radius 1 is 0.974 bits per heavy atom. The van der Waals surface area contributed by atoms with E-state index in [0.717, 1.165) is 26.9 Å². The molecule has 0 bridgehead atoms. The molecule has 0 aliphatic carbocycles. The molecule has 11 heteroatoms. The van der Waals surface area contributed by atoms with Crippen LogP contribution in [0.5, 0.6) is 17.2 Å². The quantitative estimate of drug-likeness (QED) is 0.421. The number of carbonyl (C=O) groups excluding carboxylic acids is 1. The van der Waals surface area contributed by atoms with Crippen LogP contribution in [0, 0.1) is 12.7 Å². The van der Waals surface area contributed by atoms with Gasteiger partial charge in [-0.3, -0.25) is 14.0 Å². The smallest absolute Gasteiger partial charge is 0.268 e. The minimum absolute atomic E-state index is 0.0596. The van der Waals surface area contributed by atoms with Crippen LogP contribution in [0.25, 0.3) is 0 Å². The normalized spacial score (nSPS) is 15.3. The van der Waals surface area contributed by atoms with Gasteiger partial charge in [-0.15, -0.1) is 0 Å². The summed E-state index contributed by atoms with van der Waals surface area (Å²) in [6.45, 7) is 4.44. The van der Waals surface area contributed by atoms with Crippen LogP contribution in [0.4, 0.5) is 10.1 Å². The zero-order valence-electron chi connectivity index (χ0n) is 21.8. The van der Waals surface area contributed by atoms with Crippen molar-refractivity contribution in [1.29, 1.82) is 0 Å². The molecule has 206 valence electrons. The van der Waals surface area contributed by atoms with Crippen LogP contribution in [-0.2, 0) is 21.4 Å². The Morgan fingerprint density at radius 2 is 1.69 bits per heavy atom. The maximum atomic E-state index is 13.9. The van der Waals surface area contributed by atoms with Gasteiger partial charge in [0.25, 0.3) is 10.0 Å². The van der Waals surface area contributed by atoms with Gasteiger partial charge in [0.05, 0.1) is 12.8 Å². The monoisotopic (exact) mass is 555 g/mol. The molecule has 3 aromatic carbocycles. The molecule has 0 unspecified atom stereocenters. The number of sulfonamides is 1. The number of anilines is 1. The third kappa shape index (κ3) is 5.79. The van der Waals surface area contributed by atoms with Crippen molar-refractivity contribution in [3.63, 3.8) is 0 Å². The highest BCUT2D eigenvalue weighted by molar-refractivity contribution is 7.93. The van der Waals surface area contributed by atoms with Gasteiger partial charge in [0.15, 0.2) is 11.5 Å². The summed E-state index contributed by atoms with van der Waals surface area (Å²) in [5, 5.41) is 0. The van der Waals surface area contributed by atoms with E-state index in [1.807, 2.05) is 18.2 Å². The number of hydrogen-bond donors (Lipinski definition) is 0. The van der Waals surface area contributed by atoms with Crippen molar-refractivity contribution < 1.29 is 31.8 Å². The van der Waals surface area contributed by atoms with Gasteiger partial charge in [-0.25, -0.2) is 12.8 Å². The fraction of sp³-hybridized carbons (Fsp3) is 0.321. The van der Waals surface area contributed by atoms with Crippen LogP contribution in [0.15, 0.2) is 65.6 Å². The number of amides is 1. The Bertz CT molecular complexity index is 1460. The topological polar surface area (TPSA) is 88.6 Å². The molecule has 2 aliphatic rings. The molecule has 0 radical (unpaired) electrons. The standard InChI is InChI=1S/C28H30FN3O6S/c1-20-3-9-25(36-2)27(15-20)39(34,35)32(23-7-5-22(29)6-8-23)18-28(33)31-13-11-30(12-14-31)17-21-4-10-24-26(16-21)38-19-37-24/h3-10,15-16H,11-14,17-19H2,1-2H3. The van der Waals surface area contributed by atoms with Crippen LogP contribution in [-0.4, -0.2) is 70.8 Å². The van der Waals surface area contributed by atoms with E-state index in [1.165, 1.54) is 37.4 Å². The molecule has 5 rings (SSSR count). The van der Waals surface area contributed by atoms with Crippen LogP contribution in [0.1, 0.15) is 11.1 Å². The van der Waals surface area contributed by atoms with E-state index in [4.69, 9.17) is 14.2 Å². The second-order valence-corrected chi connectivity index (χ2v) is 11.3. The van der Waals surface area contributed by atoms with Crippen LogP contribution in [0.2, 0.25) is 0 Å². The van der Waals surface area contributed by atoms with E-state index in [9.17, 15) is 17.6 Å². The highest BCUT2D eigenvalue weighted by Gasteiger charge is 2.32. The zero-order valence-corrected chi connectivity index (χ0v) is 22.6.